The number of benzene rings is 2. The fourth-order valence-electron chi connectivity index (χ4n) is 3.41. The first-order valence-electron chi connectivity index (χ1n) is 10.1. The highest BCUT2D eigenvalue weighted by Gasteiger charge is 2.20. The lowest BCUT2D eigenvalue weighted by Crippen LogP contribution is -2.39. The second-order valence-corrected chi connectivity index (χ2v) is 7.48. The summed E-state index contributed by atoms with van der Waals surface area (Å²) in [7, 11) is 0. The fourth-order valence-corrected chi connectivity index (χ4v) is 3.41. The largest absolute Gasteiger partial charge is 0.490 e. The van der Waals surface area contributed by atoms with Crippen LogP contribution >= 0.6 is 0 Å². The third-order valence-electron chi connectivity index (χ3n) is 5.16. The maximum atomic E-state index is 12.0. The molecule has 5 nitrogen and oxygen atoms in total. The Morgan fingerprint density at radius 2 is 1.82 bits per heavy atom. The molecule has 0 aromatic heterocycles. The van der Waals surface area contributed by atoms with Crippen molar-refractivity contribution in [1.82, 2.24) is 10.2 Å². The lowest BCUT2D eigenvalue weighted by molar-refractivity contribution is 0.0921. The highest BCUT2D eigenvalue weighted by Crippen LogP contribution is 2.20. The van der Waals surface area contributed by atoms with Gasteiger partial charge in [-0.15, -0.1) is 0 Å². The Morgan fingerprint density at radius 1 is 1.14 bits per heavy atom. The molecule has 1 amide bonds. The first-order chi connectivity index (χ1) is 13.6. The van der Waals surface area contributed by atoms with E-state index in [2.05, 4.69) is 40.5 Å². The van der Waals surface area contributed by atoms with Gasteiger partial charge < -0.3 is 20.1 Å². The van der Waals surface area contributed by atoms with Crippen LogP contribution in [-0.4, -0.2) is 54.3 Å². The second kappa shape index (κ2) is 10.2. The molecule has 1 fully saturated rings. The number of aliphatic hydroxyl groups is 1. The number of amides is 1. The van der Waals surface area contributed by atoms with Gasteiger partial charge in [-0.2, -0.15) is 0 Å². The molecule has 0 bridgehead atoms. The van der Waals surface area contributed by atoms with Crippen molar-refractivity contribution in [3.05, 3.63) is 65.7 Å². The van der Waals surface area contributed by atoms with Gasteiger partial charge in [-0.3, -0.25) is 4.79 Å². The van der Waals surface area contributed by atoms with Crippen molar-refractivity contribution in [2.45, 2.75) is 38.3 Å². The summed E-state index contributed by atoms with van der Waals surface area (Å²) < 4.78 is 6.11. The normalized spacial score (nSPS) is 16.5. The molecule has 0 aliphatic carbocycles. The topological polar surface area (TPSA) is 61.8 Å². The Kier molecular flexibility index (Phi) is 7.46. The van der Waals surface area contributed by atoms with Crippen LogP contribution in [0.3, 0.4) is 0 Å². The molecule has 2 aromatic rings. The van der Waals surface area contributed by atoms with Crippen molar-refractivity contribution in [3.63, 3.8) is 0 Å². The number of hydrogen-bond acceptors (Lipinski definition) is 4. The fraction of sp³-hybridized carbons (Fsp3) is 0.435. The minimum absolute atomic E-state index is 0.0724. The van der Waals surface area contributed by atoms with Crippen LogP contribution in [0.2, 0.25) is 0 Å². The van der Waals surface area contributed by atoms with Gasteiger partial charge in [-0.05, 0) is 56.0 Å². The molecule has 2 aromatic carbocycles. The Morgan fingerprint density at radius 3 is 2.46 bits per heavy atom. The molecular formula is C23H30N2O3. The zero-order valence-electron chi connectivity index (χ0n) is 16.5. The maximum absolute atomic E-state index is 12.0. The summed E-state index contributed by atoms with van der Waals surface area (Å²) in [5, 5.41) is 11.8. The van der Waals surface area contributed by atoms with Gasteiger partial charge in [-0.25, -0.2) is 0 Å². The molecule has 28 heavy (non-hydrogen) atoms. The first kappa shape index (κ1) is 20.4. The molecule has 3 rings (SSSR count). The van der Waals surface area contributed by atoms with Crippen LogP contribution in [-0.2, 0) is 6.42 Å². The van der Waals surface area contributed by atoms with E-state index in [9.17, 15) is 4.79 Å². The minimum atomic E-state index is -0.254. The predicted molar refractivity (Wildman–Crippen MR) is 111 cm³/mol. The number of aliphatic hydroxyl groups excluding tert-OH is 1. The van der Waals surface area contributed by atoms with Crippen molar-refractivity contribution in [1.29, 1.82) is 0 Å². The van der Waals surface area contributed by atoms with Crippen LogP contribution in [0.4, 0.5) is 0 Å². The summed E-state index contributed by atoms with van der Waals surface area (Å²) in [4.78, 5) is 14.5. The molecule has 2 N–H and O–H groups in total. The summed E-state index contributed by atoms with van der Waals surface area (Å²) in [6.45, 7) is 4.89. The van der Waals surface area contributed by atoms with E-state index in [-0.39, 0.29) is 24.7 Å². The molecule has 1 unspecified atom stereocenters. The number of nitrogens with one attached hydrogen (secondary N) is 1. The zero-order valence-corrected chi connectivity index (χ0v) is 16.5. The Bertz CT molecular complexity index is 725. The van der Waals surface area contributed by atoms with E-state index in [0.29, 0.717) is 5.56 Å². The van der Waals surface area contributed by atoms with Gasteiger partial charge >= 0.3 is 0 Å². The van der Waals surface area contributed by atoms with Gasteiger partial charge in [0, 0.05) is 31.2 Å². The van der Waals surface area contributed by atoms with Crippen LogP contribution in [0.5, 0.6) is 5.75 Å². The first-order valence-corrected chi connectivity index (χ1v) is 10.1. The Hall–Kier alpha value is -2.37. The van der Waals surface area contributed by atoms with E-state index >= 15 is 0 Å². The molecule has 1 atom stereocenters. The number of hydrogen-bond donors (Lipinski definition) is 2. The monoisotopic (exact) mass is 382 g/mol. The van der Waals surface area contributed by atoms with Crippen molar-refractivity contribution < 1.29 is 14.6 Å². The number of piperidine rings is 1. The van der Waals surface area contributed by atoms with Gasteiger partial charge in [0.15, 0.2) is 0 Å². The second-order valence-electron chi connectivity index (χ2n) is 7.48. The molecule has 0 saturated carbocycles. The van der Waals surface area contributed by atoms with Crippen molar-refractivity contribution >= 4 is 5.91 Å². The minimum Gasteiger partial charge on any atom is -0.490 e. The molecule has 1 saturated heterocycles. The van der Waals surface area contributed by atoms with Crippen molar-refractivity contribution in [2.75, 3.05) is 26.2 Å². The highest BCUT2D eigenvalue weighted by molar-refractivity contribution is 5.94. The third-order valence-corrected chi connectivity index (χ3v) is 5.16. The molecule has 1 aliphatic heterocycles. The van der Waals surface area contributed by atoms with E-state index in [1.54, 1.807) is 19.1 Å². The Labute approximate surface area is 167 Å². The average Bonchev–Trinajstić information content (AvgIpc) is 2.74. The molecule has 1 heterocycles. The molecule has 150 valence electrons. The van der Waals surface area contributed by atoms with Crippen molar-refractivity contribution in [3.8, 4) is 5.75 Å². The lowest BCUT2D eigenvalue weighted by atomic mass is 10.1. The van der Waals surface area contributed by atoms with Crippen LogP contribution in [0, 0.1) is 0 Å². The van der Waals surface area contributed by atoms with Gasteiger partial charge in [0.25, 0.3) is 5.91 Å². The Balaban J connectivity index is 1.41. The van der Waals surface area contributed by atoms with Crippen LogP contribution in [0.25, 0.3) is 0 Å². The van der Waals surface area contributed by atoms with Crippen LogP contribution in [0.15, 0.2) is 54.6 Å². The van der Waals surface area contributed by atoms with Crippen LogP contribution in [0.1, 0.15) is 35.7 Å². The van der Waals surface area contributed by atoms with Gasteiger partial charge in [0.2, 0.25) is 0 Å². The third kappa shape index (κ3) is 6.08. The number of rotatable bonds is 8. The molecule has 1 aliphatic rings. The SMILES string of the molecule is CC(CO)NC(=O)c1ccc(OC2CCN(CCc3ccccc3)CC2)cc1. The summed E-state index contributed by atoms with van der Waals surface area (Å²) in [6.07, 6.45) is 3.35. The molecule has 0 spiro atoms. The highest BCUT2D eigenvalue weighted by atomic mass is 16.5. The quantitative estimate of drug-likeness (QED) is 0.737. The summed E-state index contributed by atoms with van der Waals surface area (Å²) in [6, 6.07) is 17.6. The lowest BCUT2D eigenvalue weighted by Gasteiger charge is -2.32. The summed E-state index contributed by atoms with van der Waals surface area (Å²) >= 11 is 0. The number of carbonyl (C=O) groups excluding carboxylic acids is 1. The van der Waals surface area contributed by atoms with E-state index in [0.717, 1.165) is 44.6 Å². The molecule has 0 radical (unpaired) electrons. The van der Waals surface area contributed by atoms with Gasteiger partial charge in [-0.1, -0.05) is 30.3 Å². The maximum Gasteiger partial charge on any atom is 0.251 e. The molecule has 5 heteroatoms. The van der Waals surface area contributed by atoms with Crippen molar-refractivity contribution in [2.24, 2.45) is 0 Å². The average molecular weight is 383 g/mol. The zero-order chi connectivity index (χ0) is 19.8. The number of nitrogens with zero attached hydrogens (tertiary/aromatic N) is 1. The summed E-state index contributed by atoms with van der Waals surface area (Å²) in [5.41, 5.74) is 1.96. The van der Waals surface area contributed by atoms with Gasteiger partial charge in [0.1, 0.15) is 11.9 Å². The summed E-state index contributed by atoms with van der Waals surface area (Å²) in [5.74, 6) is 0.620. The van der Waals surface area contributed by atoms with E-state index in [1.165, 1.54) is 5.56 Å². The standard InChI is InChI=1S/C23H30N2O3/c1-18(17-26)24-23(27)20-7-9-21(10-8-20)28-22-12-15-25(16-13-22)14-11-19-5-3-2-4-6-19/h2-10,18,22,26H,11-17H2,1H3,(H,24,27). The molecular weight excluding hydrogens is 352 g/mol. The smallest absolute Gasteiger partial charge is 0.251 e. The number of carbonyl (C=O) groups is 1. The number of likely N-dealkylation sites (tertiary alicyclic amines) is 1. The van der Waals surface area contributed by atoms with Crippen LogP contribution < -0.4 is 10.1 Å². The predicted octanol–water partition coefficient (Wildman–Crippen LogP) is 2.88. The number of ether oxygens (including phenoxy) is 1. The van der Waals surface area contributed by atoms with E-state index in [1.807, 2.05) is 12.1 Å². The van der Waals surface area contributed by atoms with Gasteiger partial charge in [0.05, 0.1) is 6.61 Å². The van der Waals surface area contributed by atoms with E-state index < -0.39 is 0 Å². The van der Waals surface area contributed by atoms with E-state index in [4.69, 9.17) is 9.84 Å².